The molecule has 1 saturated heterocycles. The van der Waals surface area contributed by atoms with Crippen LogP contribution in [0.2, 0.25) is 0 Å². The Balaban J connectivity index is 1.60. The summed E-state index contributed by atoms with van der Waals surface area (Å²) in [5.74, 6) is 0.0375. The fourth-order valence-electron chi connectivity index (χ4n) is 3.27. The molecule has 2 aromatic rings. The van der Waals surface area contributed by atoms with Crippen molar-refractivity contribution >= 4 is 17.8 Å². The zero-order valence-electron chi connectivity index (χ0n) is 16.7. The lowest BCUT2D eigenvalue weighted by atomic mass is 9.99. The summed E-state index contributed by atoms with van der Waals surface area (Å²) >= 11 is 0. The monoisotopic (exact) mass is 395 g/mol. The van der Waals surface area contributed by atoms with Crippen molar-refractivity contribution in [3.05, 3.63) is 54.1 Å². The molecule has 152 valence electrons. The van der Waals surface area contributed by atoms with Crippen LogP contribution in [0.1, 0.15) is 37.0 Å². The molecule has 6 heteroatoms. The second kappa shape index (κ2) is 9.37. The number of rotatable bonds is 5. The number of likely N-dealkylation sites (tertiary alicyclic amines) is 1. The van der Waals surface area contributed by atoms with Crippen LogP contribution in [0, 0.1) is 5.92 Å². The van der Waals surface area contributed by atoms with Crippen LogP contribution in [-0.4, -0.2) is 42.4 Å². The van der Waals surface area contributed by atoms with Crippen LogP contribution in [0.3, 0.4) is 0 Å². The first kappa shape index (κ1) is 20.6. The number of hydrogen-bond acceptors (Lipinski definition) is 5. The molecule has 29 heavy (non-hydrogen) atoms. The van der Waals surface area contributed by atoms with E-state index in [2.05, 4.69) is 6.92 Å². The maximum atomic E-state index is 12.4. The molecule has 0 aromatic heterocycles. The number of ether oxygens (including phenoxy) is 2. The molecule has 0 saturated carbocycles. The zero-order valence-corrected chi connectivity index (χ0v) is 16.7. The van der Waals surface area contributed by atoms with E-state index in [1.165, 1.54) is 6.92 Å². The fourth-order valence-corrected chi connectivity index (χ4v) is 3.27. The zero-order chi connectivity index (χ0) is 20.8. The average molecular weight is 395 g/mol. The van der Waals surface area contributed by atoms with Gasteiger partial charge in [-0.2, -0.15) is 0 Å². The van der Waals surface area contributed by atoms with E-state index < -0.39 is 5.97 Å². The molecule has 0 atom stereocenters. The lowest BCUT2D eigenvalue weighted by Gasteiger charge is -2.30. The van der Waals surface area contributed by atoms with Gasteiger partial charge in [0.2, 0.25) is 0 Å². The maximum absolute atomic E-state index is 12.4. The van der Waals surface area contributed by atoms with Crippen molar-refractivity contribution in [3.63, 3.8) is 0 Å². The summed E-state index contributed by atoms with van der Waals surface area (Å²) in [6.07, 6.45) is 1.97. The second-order valence-corrected chi connectivity index (χ2v) is 7.34. The third-order valence-electron chi connectivity index (χ3n) is 5.01. The normalized spacial score (nSPS) is 14.3. The Morgan fingerprint density at radius 2 is 1.69 bits per heavy atom. The van der Waals surface area contributed by atoms with Gasteiger partial charge in [-0.15, -0.1) is 0 Å². The van der Waals surface area contributed by atoms with Crippen LogP contribution < -0.4 is 4.74 Å². The van der Waals surface area contributed by atoms with E-state index in [-0.39, 0.29) is 18.5 Å². The van der Waals surface area contributed by atoms with Gasteiger partial charge < -0.3 is 14.4 Å². The van der Waals surface area contributed by atoms with E-state index in [4.69, 9.17) is 9.47 Å². The molecule has 1 aliphatic rings. The summed E-state index contributed by atoms with van der Waals surface area (Å²) in [7, 11) is 0. The number of piperidine rings is 1. The van der Waals surface area contributed by atoms with Gasteiger partial charge in [-0.1, -0.05) is 31.2 Å². The van der Waals surface area contributed by atoms with E-state index in [9.17, 15) is 14.4 Å². The van der Waals surface area contributed by atoms with Crippen molar-refractivity contribution in [2.45, 2.75) is 26.7 Å². The Kier molecular flexibility index (Phi) is 6.65. The van der Waals surface area contributed by atoms with Gasteiger partial charge >= 0.3 is 11.9 Å². The highest BCUT2D eigenvalue weighted by molar-refractivity contribution is 5.92. The largest absolute Gasteiger partial charge is 0.452 e. The average Bonchev–Trinajstić information content (AvgIpc) is 2.72. The molecule has 1 heterocycles. The SMILES string of the molecule is CC(=O)Oc1ccc(-c2cccc(C(=O)OCC(=O)N3CCC(C)CC3)c2)cc1. The minimum absolute atomic E-state index is 0.150. The predicted octanol–water partition coefficient (Wildman–Crippen LogP) is 3.69. The van der Waals surface area contributed by atoms with Crippen LogP contribution in [0.4, 0.5) is 0 Å². The summed E-state index contributed by atoms with van der Waals surface area (Å²) < 4.78 is 10.3. The van der Waals surface area contributed by atoms with Gasteiger partial charge in [-0.3, -0.25) is 9.59 Å². The molecule has 0 spiro atoms. The van der Waals surface area contributed by atoms with Gasteiger partial charge in [-0.25, -0.2) is 4.79 Å². The highest BCUT2D eigenvalue weighted by atomic mass is 16.5. The molecule has 1 aliphatic heterocycles. The minimum atomic E-state index is -0.526. The Morgan fingerprint density at radius 3 is 2.34 bits per heavy atom. The van der Waals surface area contributed by atoms with Crippen molar-refractivity contribution < 1.29 is 23.9 Å². The summed E-state index contributed by atoms with van der Waals surface area (Å²) in [5, 5.41) is 0. The van der Waals surface area contributed by atoms with Gasteiger partial charge in [0.25, 0.3) is 5.91 Å². The molecule has 1 amide bonds. The van der Waals surface area contributed by atoms with Crippen molar-refractivity contribution in [2.75, 3.05) is 19.7 Å². The van der Waals surface area contributed by atoms with E-state index in [0.29, 0.717) is 17.2 Å². The van der Waals surface area contributed by atoms with Crippen molar-refractivity contribution in [3.8, 4) is 16.9 Å². The molecular formula is C23H25NO5. The molecule has 0 N–H and O–H groups in total. The van der Waals surface area contributed by atoms with E-state index in [0.717, 1.165) is 37.1 Å². The van der Waals surface area contributed by atoms with Crippen molar-refractivity contribution in [1.82, 2.24) is 4.90 Å². The molecule has 0 radical (unpaired) electrons. The lowest BCUT2D eigenvalue weighted by molar-refractivity contribution is -0.136. The molecule has 1 fully saturated rings. The summed E-state index contributed by atoms with van der Waals surface area (Å²) in [4.78, 5) is 37.4. The summed E-state index contributed by atoms with van der Waals surface area (Å²) in [5.41, 5.74) is 2.07. The van der Waals surface area contributed by atoms with E-state index >= 15 is 0 Å². The Bertz CT molecular complexity index is 882. The highest BCUT2D eigenvalue weighted by Gasteiger charge is 2.21. The smallest absolute Gasteiger partial charge is 0.338 e. The summed E-state index contributed by atoms with van der Waals surface area (Å²) in [6, 6.07) is 14.0. The quantitative estimate of drug-likeness (QED) is 0.570. The molecular weight excluding hydrogens is 370 g/mol. The molecule has 0 bridgehead atoms. The number of esters is 2. The number of nitrogens with zero attached hydrogens (tertiary/aromatic N) is 1. The van der Waals surface area contributed by atoms with E-state index in [1.54, 1.807) is 35.2 Å². The molecule has 3 rings (SSSR count). The van der Waals surface area contributed by atoms with Crippen LogP contribution in [-0.2, 0) is 14.3 Å². The Morgan fingerprint density at radius 1 is 1.00 bits per heavy atom. The first-order chi connectivity index (χ1) is 13.9. The molecule has 6 nitrogen and oxygen atoms in total. The number of carbonyl (C=O) groups excluding carboxylic acids is 3. The second-order valence-electron chi connectivity index (χ2n) is 7.34. The molecule has 2 aromatic carbocycles. The topological polar surface area (TPSA) is 72.9 Å². The maximum Gasteiger partial charge on any atom is 0.338 e. The van der Waals surface area contributed by atoms with E-state index in [1.807, 2.05) is 18.2 Å². The number of carbonyl (C=O) groups is 3. The van der Waals surface area contributed by atoms with Crippen LogP contribution in [0.5, 0.6) is 5.75 Å². The first-order valence-corrected chi connectivity index (χ1v) is 9.76. The molecule has 0 unspecified atom stereocenters. The first-order valence-electron chi connectivity index (χ1n) is 9.76. The number of hydrogen-bond donors (Lipinski definition) is 0. The van der Waals surface area contributed by atoms with Crippen molar-refractivity contribution in [1.29, 1.82) is 0 Å². The Hall–Kier alpha value is -3.15. The van der Waals surface area contributed by atoms with Crippen LogP contribution >= 0.6 is 0 Å². The minimum Gasteiger partial charge on any atom is -0.452 e. The van der Waals surface area contributed by atoms with Gasteiger partial charge in [0.05, 0.1) is 5.56 Å². The number of amides is 1. The predicted molar refractivity (Wildman–Crippen MR) is 108 cm³/mol. The summed E-state index contributed by atoms with van der Waals surface area (Å²) in [6.45, 7) is 4.72. The number of benzene rings is 2. The van der Waals surface area contributed by atoms with Crippen LogP contribution in [0.15, 0.2) is 48.5 Å². The van der Waals surface area contributed by atoms with Gasteiger partial charge in [-0.05, 0) is 54.2 Å². The third-order valence-corrected chi connectivity index (χ3v) is 5.01. The highest BCUT2D eigenvalue weighted by Crippen LogP contribution is 2.24. The fraction of sp³-hybridized carbons (Fsp3) is 0.348. The standard InChI is InChI=1S/C23H25NO5/c1-16-10-12-24(13-11-16)22(26)15-28-23(27)20-5-3-4-19(14-20)18-6-8-21(9-7-18)29-17(2)25/h3-9,14,16H,10-13,15H2,1-2H3. The van der Waals surface area contributed by atoms with Gasteiger partial charge in [0.15, 0.2) is 6.61 Å². The van der Waals surface area contributed by atoms with Gasteiger partial charge in [0, 0.05) is 20.0 Å². The third kappa shape index (κ3) is 5.67. The lowest BCUT2D eigenvalue weighted by Crippen LogP contribution is -2.40. The Labute approximate surface area is 170 Å². The molecule has 0 aliphatic carbocycles. The van der Waals surface area contributed by atoms with Crippen molar-refractivity contribution in [2.24, 2.45) is 5.92 Å². The van der Waals surface area contributed by atoms with Gasteiger partial charge in [0.1, 0.15) is 5.75 Å². The van der Waals surface area contributed by atoms with Crippen LogP contribution in [0.25, 0.3) is 11.1 Å².